The second-order valence-corrected chi connectivity index (χ2v) is 6.60. The third kappa shape index (κ3) is 2.77. The average molecular weight is 287 g/mol. The molecule has 1 aliphatic heterocycles. The third-order valence-electron chi connectivity index (χ3n) is 5.16. The summed E-state index contributed by atoms with van der Waals surface area (Å²) in [4.78, 5) is 14.7. The van der Waals surface area contributed by atoms with E-state index in [1.165, 1.54) is 31.2 Å². The van der Waals surface area contributed by atoms with Crippen molar-refractivity contribution in [3.63, 3.8) is 0 Å². The van der Waals surface area contributed by atoms with Crippen molar-refractivity contribution >= 4 is 11.6 Å². The van der Waals surface area contributed by atoms with Crippen molar-refractivity contribution in [2.75, 3.05) is 26.0 Å². The molecule has 1 atom stereocenters. The van der Waals surface area contributed by atoms with E-state index in [1.54, 1.807) is 0 Å². The fraction of sp³-hybridized carbons (Fsp3) is 0.588. The third-order valence-corrected chi connectivity index (χ3v) is 5.16. The molecule has 2 N–H and O–H groups in total. The van der Waals surface area contributed by atoms with Gasteiger partial charge < -0.3 is 15.5 Å². The van der Waals surface area contributed by atoms with Crippen molar-refractivity contribution in [1.82, 2.24) is 10.2 Å². The Balaban J connectivity index is 1.58. The second-order valence-electron chi connectivity index (χ2n) is 6.60. The lowest BCUT2D eigenvalue weighted by Crippen LogP contribution is -2.53. The fourth-order valence-corrected chi connectivity index (χ4v) is 3.65. The molecule has 1 unspecified atom stereocenters. The van der Waals surface area contributed by atoms with E-state index in [9.17, 15) is 4.79 Å². The lowest BCUT2D eigenvalue weighted by molar-refractivity contribution is -0.122. The van der Waals surface area contributed by atoms with Crippen LogP contribution < -0.4 is 10.6 Å². The van der Waals surface area contributed by atoms with Gasteiger partial charge in [0.25, 0.3) is 0 Å². The number of benzene rings is 1. The molecule has 4 heteroatoms. The van der Waals surface area contributed by atoms with Gasteiger partial charge in [-0.3, -0.25) is 4.79 Å². The Morgan fingerprint density at radius 3 is 2.71 bits per heavy atom. The first-order valence-corrected chi connectivity index (χ1v) is 7.90. The van der Waals surface area contributed by atoms with Crippen LogP contribution in [0, 0.1) is 0 Å². The second kappa shape index (κ2) is 5.68. The van der Waals surface area contributed by atoms with Crippen molar-refractivity contribution in [1.29, 1.82) is 0 Å². The van der Waals surface area contributed by atoms with Crippen molar-refractivity contribution in [2.24, 2.45) is 0 Å². The zero-order chi connectivity index (χ0) is 14.9. The van der Waals surface area contributed by atoms with Crippen molar-refractivity contribution < 1.29 is 4.79 Å². The van der Waals surface area contributed by atoms with Crippen molar-refractivity contribution in [2.45, 2.75) is 43.7 Å². The van der Waals surface area contributed by atoms with Crippen LogP contribution in [0.4, 0.5) is 5.69 Å². The zero-order valence-electron chi connectivity index (χ0n) is 13.0. The number of hydrogen-bond donors (Lipinski definition) is 2. The van der Waals surface area contributed by atoms with Crippen molar-refractivity contribution in [3.05, 3.63) is 29.8 Å². The molecule has 4 nitrogen and oxygen atoms in total. The molecule has 0 saturated heterocycles. The molecule has 1 aliphatic carbocycles. The SMILES string of the molecule is CN(C)C1(CNC(=O)C2Cc3ccccc3N2)CCCC1. The highest BCUT2D eigenvalue weighted by Crippen LogP contribution is 2.33. The van der Waals surface area contributed by atoms with E-state index in [0.717, 1.165) is 18.7 Å². The summed E-state index contributed by atoms with van der Waals surface area (Å²) in [7, 11) is 4.25. The average Bonchev–Trinajstić information content (AvgIpc) is 3.12. The Morgan fingerprint density at radius 2 is 2.05 bits per heavy atom. The summed E-state index contributed by atoms with van der Waals surface area (Å²) in [6.45, 7) is 0.757. The van der Waals surface area contributed by atoms with Gasteiger partial charge in [0.1, 0.15) is 6.04 Å². The molecule has 0 bridgehead atoms. The van der Waals surface area contributed by atoms with Gasteiger partial charge in [-0.1, -0.05) is 31.0 Å². The molecule has 1 saturated carbocycles. The van der Waals surface area contributed by atoms with Crippen LogP contribution in [0.3, 0.4) is 0 Å². The number of nitrogens with zero attached hydrogens (tertiary/aromatic N) is 1. The van der Waals surface area contributed by atoms with Gasteiger partial charge in [-0.15, -0.1) is 0 Å². The van der Waals surface area contributed by atoms with E-state index in [0.29, 0.717) is 0 Å². The Hall–Kier alpha value is -1.55. The summed E-state index contributed by atoms with van der Waals surface area (Å²) in [5.41, 5.74) is 2.49. The van der Waals surface area contributed by atoms with Gasteiger partial charge in [-0.25, -0.2) is 0 Å². The van der Waals surface area contributed by atoms with Gasteiger partial charge in [-0.05, 0) is 38.6 Å². The van der Waals surface area contributed by atoms with Gasteiger partial charge >= 0.3 is 0 Å². The number of hydrogen-bond acceptors (Lipinski definition) is 3. The minimum atomic E-state index is -0.122. The number of anilines is 1. The van der Waals surface area contributed by atoms with Crippen LogP contribution in [0.15, 0.2) is 24.3 Å². The van der Waals surface area contributed by atoms with Crippen LogP contribution in [-0.4, -0.2) is 43.0 Å². The highest BCUT2D eigenvalue weighted by atomic mass is 16.2. The predicted octanol–water partition coefficient (Wildman–Crippen LogP) is 2.01. The number of carbonyl (C=O) groups excluding carboxylic acids is 1. The lowest BCUT2D eigenvalue weighted by atomic mass is 9.96. The van der Waals surface area contributed by atoms with E-state index in [4.69, 9.17) is 0 Å². The van der Waals surface area contributed by atoms with Crippen LogP contribution >= 0.6 is 0 Å². The molecule has 0 radical (unpaired) electrons. The molecule has 2 aliphatic rings. The predicted molar refractivity (Wildman–Crippen MR) is 85.5 cm³/mol. The first-order valence-electron chi connectivity index (χ1n) is 7.90. The smallest absolute Gasteiger partial charge is 0.242 e. The summed E-state index contributed by atoms with van der Waals surface area (Å²) in [5, 5.41) is 6.51. The van der Waals surface area contributed by atoms with Gasteiger partial charge in [0.05, 0.1) is 0 Å². The fourth-order valence-electron chi connectivity index (χ4n) is 3.65. The maximum Gasteiger partial charge on any atom is 0.242 e. The molecule has 3 rings (SSSR count). The van der Waals surface area contributed by atoms with E-state index < -0.39 is 0 Å². The molecule has 1 heterocycles. The Morgan fingerprint density at radius 1 is 1.33 bits per heavy atom. The van der Waals surface area contributed by atoms with E-state index >= 15 is 0 Å². The Labute approximate surface area is 126 Å². The van der Waals surface area contributed by atoms with Gasteiger partial charge in [0.15, 0.2) is 0 Å². The number of likely N-dealkylation sites (N-methyl/N-ethyl adjacent to an activating group) is 1. The molecular weight excluding hydrogens is 262 g/mol. The molecule has 0 spiro atoms. The maximum atomic E-state index is 12.4. The van der Waals surface area contributed by atoms with E-state index in [2.05, 4.69) is 35.7 Å². The monoisotopic (exact) mass is 287 g/mol. The summed E-state index contributed by atoms with van der Waals surface area (Å²) in [6, 6.07) is 8.05. The normalized spacial score (nSPS) is 22.9. The summed E-state index contributed by atoms with van der Waals surface area (Å²) < 4.78 is 0. The number of amides is 1. The van der Waals surface area contributed by atoms with Crippen LogP contribution in [-0.2, 0) is 11.2 Å². The Kier molecular flexibility index (Phi) is 3.89. The molecule has 1 fully saturated rings. The van der Waals surface area contributed by atoms with Crippen LogP contribution in [0.5, 0.6) is 0 Å². The lowest BCUT2D eigenvalue weighted by Gasteiger charge is -2.36. The molecule has 114 valence electrons. The quantitative estimate of drug-likeness (QED) is 0.890. The molecule has 0 aromatic heterocycles. The molecular formula is C17H25N3O. The largest absolute Gasteiger partial charge is 0.373 e. The Bertz CT molecular complexity index is 496. The highest BCUT2D eigenvalue weighted by Gasteiger charge is 2.37. The maximum absolute atomic E-state index is 12.4. The van der Waals surface area contributed by atoms with Gasteiger partial charge in [0.2, 0.25) is 5.91 Å². The summed E-state index contributed by atoms with van der Waals surface area (Å²) in [5.74, 6) is 0.124. The molecule has 1 aromatic carbocycles. The minimum absolute atomic E-state index is 0.122. The topological polar surface area (TPSA) is 44.4 Å². The first kappa shape index (κ1) is 14.4. The zero-order valence-corrected chi connectivity index (χ0v) is 13.0. The molecule has 1 amide bonds. The van der Waals surface area contributed by atoms with Crippen molar-refractivity contribution in [3.8, 4) is 0 Å². The number of para-hydroxylation sites is 1. The number of nitrogens with one attached hydrogen (secondary N) is 2. The number of fused-ring (bicyclic) bond motifs is 1. The van der Waals surface area contributed by atoms with E-state index in [-0.39, 0.29) is 17.5 Å². The van der Waals surface area contributed by atoms with Crippen LogP contribution in [0.25, 0.3) is 0 Å². The van der Waals surface area contributed by atoms with Crippen LogP contribution in [0.1, 0.15) is 31.2 Å². The summed E-state index contributed by atoms with van der Waals surface area (Å²) in [6.07, 6.45) is 5.68. The molecule has 21 heavy (non-hydrogen) atoms. The molecule has 1 aromatic rings. The minimum Gasteiger partial charge on any atom is -0.373 e. The number of carbonyl (C=O) groups is 1. The standard InChI is InChI=1S/C17H25N3O/c1-20(2)17(9-5-6-10-17)12-18-16(21)15-11-13-7-3-4-8-14(13)19-15/h3-4,7-8,15,19H,5-6,9-12H2,1-2H3,(H,18,21). The van der Waals surface area contributed by atoms with Crippen LogP contribution in [0.2, 0.25) is 0 Å². The highest BCUT2D eigenvalue weighted by molar-refractivity contribution is 5.87. The summed E-state index contributed by atoms with van der Waals surface area (Å²) >= 11 is 0. The first-order chi connectivity index (χ1) is 10.1. The van der Waals surface area contributed by atoms with E-state index in [1.807, 2.05) is 18.2 Å². The number of rotatable bonds is 4. The van der Waals surface area contributed by atoms with Gasteiger partial charge in [0, 0.05) is 24.2 Å². The van der Waals surface area contributed by atoms with Gasteiger partial charge in [-0.2, -0.15) is 0 Å².